The van der Waals surface area contributed by atoms with E-state index in [0.717, 1.165) is 0 Å². The van der Waals surface area contributed by atoms with Crippen LogP contribution in [0.4, 0.5) is 0 Å². The average molecular weight is 250 g/mol. The quantitative estimate of drug-likeness (QED) is 0.626. The van der Waals surface area contributed by atoms with Gasteiger partial charge in [-0.1, -0.05) is 0 Å². The Bertz CT molecular complexity index is 152. The summed E-state index contributed by atoms with van der Waals surface area (Å²) < 4.78 is 1.55. The Labute approximate surface area is 98.5 Å². The van der Waals surface area contributed by atoms with Gasteiger partial charge in [-0.15, -0.1) is 37.2 Å². The summed E-state index contributed by atoms with van der Waals surface area (Å²) in [6.07, 6.45) is 6.84. The summed E-state index contributed by atoms with van der Waals surface area (Å²) in [5.41, 5.74) is 1.53. The van der Waals surface area contributed by atoms with Crippen molar-refractivity contribution >= 4 is 37.2 Å². The topological polar surface area (TPSA) is 0 Å². The SMILES string of the molecule is CCC1=[C]([Ti])CC=C1.Cl.Cl.Cl. The van der Waals surface area contributed by atoms with Crippen molar-refractivity contribution in [2.24, 2.45) is 0 Å². The summed E-state index contributed by atoms with van der Waals surface area (Å²) >= 11 is 2.21. The van der Waals surface area contributed by atoms with Crippen LogP contribution >= 0.6 is 37.2 Å². The summed E-state index contributed by atoms with van der Waals surface area (Å²) in [6, 6.07) is 0. The Morgan fingerprint density at radius 3 is 2.09 bits per heavy atom. The van der Waals surface area contributed by atoms with E-state index in [4.69, 9.17) is 0 Å². The molecule has 0 aromatic carbocycles. The van der Waals surface area contributed by atoms with E-state index in [1.165, 1.54) is 18.4 Å². The molecule has 0 aliphatic heterocycles. The molecular weight excluding hydrogens is 238 g/mol. The molecule has 0 radical (unpaired) electrons. The zero-order valence-corrected chi connectivity index (χ0v) is 10.3. The summed E-state index contributed by atoms with van der Waals surface area (Å²) in [7, 11) is 0. The Balaban J connectivity index is -0.000000213. The summed E-state index contributed by atoms with van der Waals surface area (Å²) in [5.74, 6) is 0. The maximum absolute atomic E-state index is 2.23. The molecule has 0 atom stereocenters. The Hall–Kier alpha value is 1.06. The predicted molar refractivity (Wildman–Crippen MR) is 52.8 cm³/mol. The molecule has 0 saturated heterocycles. The van der Waals surface area contributed by atoms with Crippen LogP contribution in [0.2, 0.25) is 0 Å². The zero-order chi connectivity index (χ0) is 5.98. The molecule has 0 aromatic rings. The van der Waals surface area contributed by atoms with Crippen molar-refractivity contribution in [2.45, 2.75) is 19.8 Å². The Morgan fingerprint density at radius 2 is 1.91 bits per heavy atom. The van der Waals surface area contributed by atoms with E-state index in [9.17, 15) is 0 Å². The fraction of sp³-hybridized carbons (Fsp3) is 0.429. The van der Waals surface area contributed by atoms with Crippen LogP contribution < -0.4 is 0 Å². The van der Waals surface area contributed by atoms with Gasteiger partial charge in [0.2, 0.25) is 0 Å². The molecule has 0 aromatic heterocycles. The second-order valence-electron chi connectivity index (χ2n) is 1.96. The van der Waals surface area contributed by atoms with Crippen molar-refractivity contribution in [2.75, 3.05) is 0 Å². The van der Waals surface area contributed by atoms with Gasteiger partial charge in [0.25, 0.3) is 0 Å². The van der Waals surface area contributed by atoms with Crippen LogP contribution in [-0.4, -0.2) is 0 Å². The van der Waals surface area contributed by atoms with Crippen molar-refractivity contribution in [3.05, 3.63) is 21.6 Å². The maximum Gasteiger partial charge on any atom is -0.147 e. The molecule has 0 N–H and O–H groups in total. The van der Waals surface area contributed by atoms with E-state index >= 15 is 0 Å². The molecule has 0 unspecified atom stereocenters. The largest absolute Gasteiger partial charge is 0.147 e. The van der Waals surface area contributed by atoms with Crippen LogP contribution in [0.5, 0.6) is 0 Å². The van der Waals surface area contributed by atoms with Gasteiger partial charge in [0.05, 0.1) is 0 Å². The predicted octanol–water partition coefficient (Wildman–Crippen LogP) is 3.42. The first-order valence-electron chi connectivity index (χ1n) is 2.94. The number of halogens is 3. The standard InChI is InChI=1S/C7H9.3ClH.Ti/c1-2-7-5-3-4-6-7;;;;/h3,5H,2,4H2,1H3;3*1H;. The zero-order valence-electron chi connectivity index (χ0n) is 6.29. The van der Waals surface area contributed by atoms with Crippen molar-refractivity contribution in [1.82, 2.24) is 0 Å². The summed E-state index contributed by atoms with van der Waals surface area (Å²) in [6.45, 7) is 2.20. The first kappa shape index (κ1) is 18.0. The van der Waals surface area contributed by atoms with E-state index in [2.05, 4.69) is 39.5 Å². The molecule has 65 valence electrons. The molecule has 0 fully saturated rings. The maximum atomic E-state index is 2.23. The number of hydrogen-bond acceptors (Lipinski definition) is 0. The minimum absolute atomic E-state index is 0. The third-order valence-corrected chi connectivity index (χ3v) is 2.23. The number of hydrogen-bond donors (Lipinski definition) is 0. The second kappa shape index (κ2) is 9.15. The van der Waals surface area contributed by atoms with Gasteiger partial charge in [-0.25, -0.2) is 0 Å². The van der Waals surface area contributed by atoms with Crippen molar-refractivity contribution in [3.63, 3.8) is 0 Å². The molecule has 0 spiro atoms. The van der Waals surface area contributed by atoms with Gasteiger partial charge < -0.3 is 0 Å². The average Bonchev–Trinajstić information content (AvgIpc) is 2.14. The fourth-order valence-electron chi connectivity index (χ4n) is 0.882. The molecule has 1 aliphatic rings. The number of allylic oxidation sites excluding steroid dienone is 4. The normalized spacial score (nSPS) is 13.1. The van der Waals surface area contributed by atoms with Gasteiger partial charge in [-0.2, -0.15) is 0 Å². The molecule has 1 aliphatic carbocycles. The fourth-order valence-corrected chi connectivity index (χ4v) is 1.47. The number of rotatable bonds is 1. The minimum Gasteiger partial charge on any atom is -0.147 e. The molecule has 0 nitrogen and oxygen atoms in total. The molecule has 0 bridgehead atoms. The van der Waals surface area contributed by atoms with E-state index in [-0.39, 0.29) is 37.2 Å². The smallest absolute Gasteiger partial charge is 0.147 e. The van der Waals surface area contributed by atoms with E-state index < -0.39 is 0 Å². The van der Waals surface area contributed by atoms with E-state index in [0.29, 0.717) is 0 Å². The van der Waals surface area contributed by atoms with Gasteiger partial charge in [0, 0.05) is 0 Å². The van der Waals surface area contributed by atoms with Crippen LogP contribution in [0.3, 0.4) is 0 Å². The summed E-state index contributed by atoms with van der Waals surface area (Å²) in [4.78, 5) is 0. The molecular formula is C7H12Cl3Ti. The van der Waals surface area contributed by atoms with Gasteiger partial charge >= 0.3 is 61.8 Å². The molecule has 4 heteroatoms. The Morgan fingerprint density at radius 1 is 1.36 bits per heavy atom. The van der Waals surface area contributed by atoms with Crippen LogP contribution in [0, 0.1) is 0 Å². The van der Waals surface area contributed by atoms with Gasteiger partial charge in [-0.3, -0.25) is 0 Å². The monoisotopic (exact) mass is 249 g/mol. The van der Waals surface area contributed by atoms with Crippen LogP contribution in [0.25, 0.3) is 0 Å². The van der Waals surface area contributed by atoms with Crippen LogP contribution in [0.1, 0.15) is 19.8 Å². The van der Waals surface area contributed by atoms with Gasteiger partial charge in [0.1, 0.15) is 0 Å². The minimum atomic E-state index is 0. The third kappa shape index (κ3) is 5.33. The van der Waals surface area contributed by atoms with Gasteiger partial charge in [0.15, 0.2) is 0 Å². The summed E-state index contributed by atoms with van der Waals surface area (Å²) in [5, 5.41) is 0. The van der Waals surface area contributed by atoms with Crippen molar-refractivity contribution in [3.8, 4) is 0 Å². The molecule has 0 amide bonds. The van der Waals surface area contributed by atoms with E-state index in [1.54, 1.807) is 3.88 Å². The van der Waals surface area contributed by atoms with Crippen molar-refractivity contribution < 1.29 is 20.4 Å². The molecule has 11 heavy (non-hydrogen) atoms. The second-order valence-corrected chi connectivity index (χ2v) is 2.91. The molecule has 1 rings (SSSR count). The Kier molecular flexibility index (Phi) is 15.0. The molecule has 0 heterocycles. The first-order valence-corrected chi connectivity index (χ1v) is 3.73. The van der Waals surface area contributed by atoms with Crippen LogP contribution in [-0.2, 0) is 20.4 Å². The third-order valence-electron chi connectivity index (χ3n) is 1.41. The van der Waals surface area contributed by atoms with Gasteiger partial charge in [-0.05, 0) is 0 Å². The van der Waals surface area contributed by atoms with Crippen molar-refractivity contribution in [1.29, 1.82) is 0 Å². The van der Waals surface area contributed by atoms with E-state index in [1.807, 2.05) is 0 Å². The van der Waals surface area contributed by atoms with Crippen LogP contribution in [0.15, 0.2) is 21.6 Å². The first-order chi connectivity index (χ1) is 3.84. The molecule has 0 saturated carbocycles.